The number of halogens is 1. The summed E-state index contributed by atoms with van der Waals surface area (Å²) in [6.45, 7) is 4.18. The third kappa shape index (κ3) is 2.53. The Kier molecular flexibility index (Phi) is 3.95. The van der Waals surface area contributed by atoms with Gasteiger partial charge >= 0.3 is 0 Å². The molecule has 1 aromatic rings. The number of hydrogen-bond acceptors (Lipinski definition) is 3. The average Bonchev–Trinajstić information content (AvgIpc) is 2.56. The van der Waals surface area contributed by atoms with Gasteiger partial charge in [0.2, 0.25) is 5.78 Å². The number of rotatable bonds is 5. The van der Waals surface area contributed by atoms with Crippen LogP contribution < -0.4 is 9.47 Å². The van der Waals surface area contributed by atoms with Gasteiger partial charge in [0, 0.05) is 5.33 Å². The lowest BCUT2D eigenvalue weighted by Crippen LogP contribution is -2.32. The predicted molar refractivity (Wildman–Crippen MR) is 74.0 cm³/mol. The summed E-state index contributed by atoms with van der Waals surface area (Å²) >= 11 is 3.38. The molecule has 0 amide bonds. The molecule has 1 heterocycles. The number of carbonyl (C=O) groups is 1. The zero-order valence-electron chi connectivity index (χ0n) is 10.7. The van der Waals surface area contributed by atoms with Crippen molar-refractivity contribution in [3.8, 4) is 11.5 Å². The first-order valence-electron chi connectivity index (χ1n) is 6.12. The van der Waals surface area contributed by atoms with E-state index < -0.39 is 5.60 Å². The van der Waals surface area contributed by atoms with Crippen molar-refractivity contribution in [3.05, 3.63) is 23.8 Å². The molecule has 0 atom stereocenters. The highest BCUT2D eigenvalue weighted by Crippen LogP contribution is 2.40. The molecule has 0 bridgehead atoms. The second kappa shape index (κ2) is 5.31. The summed E-state index contributed by atoms with van der Waals surface area (Å²) in [6.07, 6.45) is 2.03. The van der Waals surface area contributed by atoms with Crippen LogP contribution in [0.1, 0.15) is 37.0 Å². The lowest BCUT2D eigenvalue weighted by Gasteiger charge is -2.14. The molecule has 1 aliphatic rings. The minimum atomic E-state index is -0.780. The molecule has 98 valence electrons. The van der Waals surface area contributed by atoms with Crippen LogP contribution in [0.4, 0.5) is 0 Å². The maximum atomic E-state index is 12.2. The topological polar surface area (TPSA) is 35.5 Å². The van der Waals surface area contributed by atoms with E-state index in [-0.39, 0.29) is 5.78 Å². The Morgan fingerprint density at radius 3 is 2.83 bits per heavy atom. The van der Waals surface area contributed by atoms with Crippen molar-refractivity contribution in [2.24, 2.45) is 0 Å². The van der Waals surface area contributed by atoms with Crippen LogP contribution in [0.3, 0.4) is 0 Å². The average molecular weight is 313 g/mol. The van der Waals surface area contributed by atoms with E-state index in [0.29, 0.717) is 23.7 Å². The molecule has 0 spiro atoms. The van der Waals surface area contributed by atoms with Crippen molar-refractivity contribution in [1.82, 2.24) is 0 Å². The fourth-order valence-corrected chi connectivity index (χ4v) is 2.34. The van der Waals surface area contributed by atoms with Gasteiger partial charge in [0.1, 0.15) is 17.1 Å². The number of unbranched alkanes of at least 4 members (excludes halogenated alkanes) is 1. The SMILES string of the molecule is CC1(C)Oc2cccc(OCCCCBr)c2C1=O. The highest BCUT2D eigenvalue weighted by molar-refractivity contribution is 9.09. The lowest BCUT2D eigenvalue weighted by atomic mass is 9.99. The van der Waals surface area contributed by atoms with E-state index in [1.165, 1.54) is 0 Å². The third-order valence-corrected chi connectivity index (χ3v) is 3.47. The van der Waals surface area contributed by atoms with Crippen molar-refractivity contribution in [2.75, 3.05) is 11.9 Å². The Labute approximate surface area is 116 Å². The van der Waals surface area contributed by atoms with Gasteiger partial charge in [-0.15, -0.1) is 0 Å². The molecule has 18 heavy (non-hydrogen) atoms. The van der Waals surface area contributed by atoms with E-state index in [0.717, 1.165) is 18.2 Å². The molecule has 0 saturated carbocycles. The summed E-state index contributed by atoms with van der Waals surface area (Å²) < 4.78 is 11.3. The molecule has 0 radical (unpaired) electrons. The van der Waals surface area contributed by atoms with E-state index in [2.05, 4.69) is 15.9 Å². The molecule has 3 nitrogen and oxygen atoms in total. The second-order valence-corrected chi connectivity index (χ2v) is 5.61. The van der Waals surface area contributed by atoms with Gasteiger partial charge in [-0.3, -0.25) is 4.79 Å². The normalized spacial score (nSPS) is 16.3. The van der Waals surface area contributed by atoms with Crippen molar-refractivity contribution in [3.63, 3.8) is 0 Å². The van der Waals surface area contributed by atoms with Crippen LogP contribution in [0.5, 0.6) is 11.5 Å². The first-order chi connectivity index (χ1) is 8.56. The molecule has 0 fully saturated rings. The van der Waals surface area contributed by atoms with E-state index in [4.69, 9.17) is 9.47 Å². The van der Waals surface area contributed by atoms with E-state index in [1.807, 2.05) is 18.2 Å². The van der Waals surface area contributed by atoms with Crippen LogP contribution in [0.2, 0.25) is 0 Å². The van der Waals surface area contributed by atoms with Crippen LogP contribution in [0.15, 0.2) is 18.2 Å². The summed E-state index contributed by atoms with van der Waals surface area (Å²) in [7, 11) is 0. The van der Waals surface area contributed by atoms with Crippen LogP contribution >= 0.6 is 15.9 Å². The minimum Gasteiger partial charge on any atom is -0.493 e. The number of carbonyl (C=O) groups excluding carboxylic acids is 1. The number of hydrogen-bond donors (Lipinski definition) is 0. The first-order valence-corrected chi connectivity index (χ1v) is 7.24. The summed E-state index contributed by atoms with van der Waals surface area (Å²) in [5.74, 6) is 1.26. The van der Waals surface area contributed by atoms with Gasteiger partial charge in [0.25, 0.3) is 0 Å². The minimum absolute atomic E-state index is 0.00593. The van der Waals surface area contributed by atoms with Crippen molar-refractivity contribution in [2.45, 2.75) is 32.3 Å². The Balaban J connectivity index is 2.15. The van der Waals surface area contributed by atoms with Crippen LogP contribution in [-0.4, -0.2) is 23.3 Å². The van der Waals surface area contributed by atoms with Gasteiger partial charge in [0.15, 0.2) is 5.60 Å². The monoisotopic (exact) mass is 312 g/mol. The highest BCUT2D eigenvalue weighted by atomic mass is 79.9. The molecule has 4 heteroatoms. The highest BCUT2D eigenvalue weighted by Gasteiger charge is 2.41. The molecule has 0 unspecified atom stereocenters. The number of ether oxygens (including phenoxy) is 2. The fraction of sp³-hybridized carbons (Fsp3) is 0.500. The Hall–Kier alpha value is -1.03. The molecule has 2 rings (SSSR count). The maximum Gasteiger partial charge on any atom is 0.213 e. The first kappa shape index (κ1) is 13.4. The molecule has 0 saturated heterocycles. The quantitative estimate of drug-likeness (QED) is 0.615. The zero-order valence-corrected chi connectivity index (χ0v) is 12.2. The summed E-state index contributed by atoms with van der Waals surface area (Å²) in [6, 6.07) is 5.50. The molecule has 1 aromatic carbocycles. The van der Waals surface area contributed by atoms with Crippen molar-refractivity contribution >= 4 is 21.7 Å². The van der Waals surface area contributed by atoms with Gasteiger partial charge in [-0.1, -0.05) is 22.0 Å². The molecular formula is C14H17BrO3. The molecule has 0 aliphatic carbocycles. The Morgan fingerprint density at radius 2 is 2.11 bits per heavy atom. The van der Waals surface area contributed by atoms with Gasteiger partial charge < -0.3 is 9.47 Å². The number of benzene rings is 1. The standard InChI is InChI=1S/C14H17BrO3/c1-14(2)13(16)12-10(17-9-4-3-8-15)6-5-7-11(12)18-14/h5-7H,3-4,8-9H2,1-2H3. The maximum absolute atomic E-state index is 12.2. The van der Waals surface area contributed by atoms with Crippen LogP contribution in [0, 0.1) is 0 Å². The molecule has 0 N–H and O–H groups in total. The van der Waals surface area contributed by atoms with Gasteiger partial charge in [-0.05, 0) is 38.8 Å². The van der Waals surface area contributed by atoms with Gasteiger partial charge in [-0.2, -0.15) is 0 Å². The fourth-order valence-electron chi connectivity index (χ4n) is 1.94. The van der Waals surface area contributed by atoms with E-state index in [9.17, 15) is 4.79 Å². The molecule has 1 aliphatic heterocycles. The smallest absolute Gasteiger partial charge is 0.213 e. The third-order valence-electron chi connectivity index (χ3n) is 2.91. The van der Waals surface area contributed by atoms with Crippen molar-refractivity contribution < 1.29 is 14.3 Å². The number of ketones is 1. The van der Waals surface area contributed by atoms with Crippen molar-refractivity contribution in [1.29, 1.82) is 0 Å². The van der Waals surface area contributed by atoms with Crippen LogP contribution in [-0.2, 0) is 0 Å². The zero-order chi connectivity index (χ0) is 13.2. The Morgan fingerprint density at radius 1 is 1.33 bits per heavy atom. The van der Waals surface area contributed by atoms with Gasteiger partial charge in [-0.25, -0.2) is 0 Å². The second-order valence-electron chi connectivity index (χ2n) is 4.82. The predicted octanol–water partition coefficient (Wildman–Crippen LogP) is 3.59. The lowest BCUT2D eigenvalue weighted by molar-refractivity contribution is 0.0683. The summed E-state index contributed by atoms with van der Waals surface area (Å²) in [5.41, 5.74) is -0.196. The largest absolute Gasteiger partial charge is 0.493 e. The Bertz CT molecular complexity index is 454. The van der Waals surface area contributed by atoms with E-state index >= 15 is 0 Å². The number of Topliss-reactive ketones (excluding diaryl/α,β-unsaturated/α-hetero) is 1. The number of fused-ring (bicyclic) bond motifs is 1. The summed E-state index contributed by atoms with van der Waals surface area (Å²) in [5, 5.41) is 0.971. The van der Waals surface area contributed by atoms with E-state index in [1.54, 1.807) is 13.8 Å². The van der Waals surface area contributed by atoms with Gasteiger partial charge in [0.05, 0.1) is 6.61 Å². The van der Waals surface area contributed by atoms with Crippen LogP contribution in [0.25, 0.3) is 0 Å². The number of alkyl halides is 1. The molecule has 0 aromatic heterocycles. The molecular weight excluding hydrogens is 296 g/mol. The summed E-state index contributed by atoms with van der Waals surface area (Å²) in [4.78, 5) is 12.2.